The molecule has 1 aromatic rings. The smallest absolute Gasteiger partial charge is 0.423 e. The van der Waals surface area contributed by atoms with Gasteiger partial charge in [-0.3, -0.25) is 0 Å². The summed E-state index contributed by atoms with van der Waals surface area (Å²) in [5.41, 5.74) is -1.33. The standard InChI is InChI=1S/C8H8BF3O3/c10-8(11,12)6-1-5(4-13)2-7(3-6)9(14)15/h1-3,13-15H,4H2. The first-order chi connectivity index (χ1) is 6.84. The highest BCUT2D eigenvalue weighted by molar-refractivity contribution is 6.58. The molecular formula is C8H8BF3O3. The zero-order valence-electron chi connectivity index (χ0n) is 7.49. The molecule has 0 heterocycles. The number of hydrogen-bond donors (Lipinski definition) is 3. The zero-order chi connectivity index (χ0) is 11.6. The molecule has 3 N–H and O–H groups in total. The summed E-state index contributed by atoms with van der Waals surface area (Å²) in [6, 6.07) is 2.48. The Labute approximate surface area is 83.9 Å². The van der Waals surface area contributed by atoms with Gasteiger partial charge in [-0.15, -0.1) is 0 Å². The van der Waals surface area contributed by atoms with Crippen molar-refractivity contribution >= 4 is 12.6 Å². The third-order valence-electron chi connectivity index (χ3n) is 1.82. The lowest BCUT2D eigenvalue weighted by Crippen LogP contribution is -2.31. The third kappa shape index (κ3) is 2.95. The summed E-state index contributed by atoms with van der Waals surface area (Å²) in [6.45, 7) is -0.594. The van der Waals surface area contributed by atoms with Crippen molar-refractivity contribution in [3.63, 3.8) is 0 Å². The van der Waals surface area contributed by atoms with Crippen molar-refractivity contribution in [2.75, 3.05) is 0 Å². The van der Waals surface area contributed by atoms with Gasteiger partial charge in [0.2, 0.25) is 0 Å². The number of benzene rings is 1. The highest BCUT2D eigenvalue weighted by atomic mass is 19.4. The summed E-state index contributed by atoms with van der Waals surface area (Å²) in [7, 11) is -1.99. The van der Waals surface area contributed by atoms with E-state index in [0.29, 0.717) is 6.07 Å². The molecule has 0 saturated heterocycles. The molecule has 82 valence electrons. The van der Waals surface area contributed by atoms with Crippen molar-refractivity contribution < 1.29 is 28.3 Å². The maximum absolute atomic E-state index is 12.3. The van der Waals surface area contributed by atoms with Gasteiger partial charge in [-0.1, -0.05) is 12.1 Å². The Hall–Kier alpha value is -1.05. The van der Waals surface area contributed by atoms with Crippen LogP contribution in [0, 0.1) is 0 Å². The monoisotopic (exact) mass is 220 g/mol. The molecule has 15 heavy (non-hydrogen) atoms. The minimum atomic E-state index is -4.57. The summed E-state index contributed by atoms with van der Waals surface area (Å²) >= 11 is 0. The fourth-order valence-electron chi connectivity index (χ4n) is 1.12. The number of rotatable bonds is 2. The maximum Gasteiger partial charge on any atom is 0.488 e. The predicted octanol–water partition coefficient (Wildman–Crippen LogP) is -0.123. The quantitative estimate of drug-likeness (QED) is 0.608. The zero-order valence-corrected chi connectivity index (χ0v) is 7.49. The van der Waals surface area contributed by atoms with Gasteiger partial charge in [-0.25, -0.2) is 0 Å². The lowest BCUT2D eigenvalue weighted by Gasteiger charge is -2.10. The van der Waals surface area contributed by atoms with Crippen LogP contribution in [-0.4, -0.2) is 22.3 Å². The topological polar surface area (TPSA) is 60.7 Å². The van der Waals surface area contributed by atoms with E-state index in [1.807, 2.05) is 0 Å². The molecule has 1 rings (SSSR count). The molecule has 0 bridgehead atoms. The third-order valence-corrected chi connectivity index (χ3v) is 1.82. The number of aliphatic hydroxyl groups excluding tert-OH is 1. The average Bonchev–Trinajstić information content (AvgIpc) is 2.15. The molecule has 0 aliphatic heterocycles. The summed E-state index contributed by atoms with van der Waals surface area (Å²) in [5.74, 6) is 0. The van der Waals surface area contributed by atoms with Crippen LogP contribution in [0.2, 0.25) is 0 Å². The molecule has 7 heteroatoms. The fraction of sp³-hybridized carbons (Fsp3) is 0.250. The Bertz CT molecular complexity index is 351. The number of alkyl halides is 3. The highest BCUT2D eigenvalue weighted by Crippen LogP contribution is 2.29. The van der Waals surface area contributed by atoms with Crippen molar-refractivity contribution in [3.05, 3.63) is 29.3 Å². The van der Waals surface area contributed by atoms with Crippen LogP contribution < -0.4 is 5.46 Å². The van der Waals surface area contributed by atoms with Crippen LogP contribution in [0.1, 0.15) is 11.1 Å². The Morgan fingerprint density at radius 3 is 2.13 bits per heavy atom. The van der Waals surface area contributed by atoms with E-state index in [1.54, 1.807) is 0 Å². The van der Waals surface area contributed by atoms with Crippen molar-refractivity contribution in [1.29, 1.82) is 0 Å². The van der Waals surface area contributed by atoms with Crippen LogP contribution in [-0.2, 0) is 12.8 Å². The summed E-state index contributed by atoms with van der Waals surface area (Å²) in [6.07, 6.45) is -4.57. The van der Waals surface area contributed by atoms with E-state index in [0.717, 1.165) is 12.1 Å². The van der Waals surface area contributed by atoms with Crippen LogP contribution in [0.5, 0.6) is 0 Å². The Balaban J connectivity index is 3.23. The Morgan fingerprint density at radius 2 is 1.73 bits per heavy atom. The SMILES string of the molecule is OCc1cc(B(O)O)cc(C(F)(F)F)c1. The lowest BCUT2D eigenvalue weighted by molar-refractivity contribution is -0.137. The molecular weight excluding hydrogens is 212 g/mol. The van der Waals surface area contributed by atoms with Gasteiger partial charge in [0, 0.05) is 0 Å². The molecule has 0 aromatic heterocycles. The first kappa shape index (κ1) is 12.0. The van der Waals surface area contributed by atoms with Gasteiger partial charge in [0.15, 0.2) is 0 Å². The van der Waals surface area contributed by atoms with Crippen molar-refractivity contribution in [1.82, 2.24) is 0 Å². The van der Waals surface area contributed by atoms with E-state index in [9.17, 15) is 13.2 Å². The Morgan fingerprint density at radius 1 is 1.13 bits per heavy atom. The first-order valence-corrected chi connectivity index (χ1v) is 4.02. The largest absolute Gasteiger partial charge is 0.488 e. The van der Waals surface area contributed by atoms with Gasteiger partial charge in [0.25, 0.3) is 0 Å². The van der Waals surface area contributed by atoms with Crippen molar-refractivity contribution in [2.45, 2.75) is 12.8 Å². The molecule has 3 nitrogen and oxygen atoms in total. The minimum Gasteiger partial charge on any atom is -0.423 e. The predicted molar refractivity (Wildman–Crippen MR) is 47.2 cm³/mol. The van der Waals surface area contributed by atoms with Crippen LogP contribution in [0.4, 0.5) is 13.2 Å². The molecule has 0 radical (unpaired) electrons. The second kappa shape index (κ2) is 4.22. The first-order valence-electron chi connectivity index (χ1n) is 4.02. The van der Waals surface area contributed by atoms with Gasteiger partial charge >= 0.3 is 13.3 Å². The summed E-state index contributed by atoms with van der Waals surface area (Å²) < 4.78 is 36.9. The molecule has 0 fully saturated rings. The highest BCUT2D eigenvalue weighted by Gasteiger charge is 2.32. The van der Waals surface area contributed by atoms with Crippen LogP contribution in [0.3, 0.4) is 0 Å². The van der Waals surface area contributed by atoms with E-state index in [-0.39, 0.29) is 11.0 Å². The van der Waals surface area contributed by atoms with Gasteiger partial charge in [0.05, 0.1) is 12.2 Å². The fourth-order valence-corrected chi connectivity index (χ4v) is 1.12. The van der Waals surface area contributed by atoms with Crippen LogP contribution in [0.25, 0.3) is 0 Å². The number of aliphatic hydroxyl groups is 1. The van der Waals surface area contributed by atoms with E-state index in [1.165, 1.54) is 0 Å². The lowest BCUT2D eigenvalue weighted by atomic mass is 9.78. The van der Waals surface area contributed by atoms with Crippen LogP contribution >= 0.6 is 0 Å². The van der Waals surface area contributed by atoms with E-state index in [4.69, 9.17) is 15.2 Å². The van der Waals surface area contributed by atoms with E-state index < -0.39 is 25.5 Å². The second-order valence-corrected chi connectivity index (χ2v) is 2.99. The van der Waals surface area contributed by atoms with Crippen molar-refractivity contribution in [3.8, 4) is 0 Å². The van der Waals surface area contributed by atoms with Gasteiger partial charge in [-0.2, -0.15) is 13.2 Å². The maximum atomic E-state index is 12.3. The van der Waals surface area contributed by atoms with Crippen molar-refractivity contribution in [2.24, 2.45) is 0 Å². The molecule has 0 amide bonds. The normalized spacial score (nSPS) is 11.6. The van der Waals surface area contributed by atoms with Gasteiger partial charge in [-0.05, 0) is 17.1 Å². The van der Waals surface area contributed by atoms with E-state index >= 15 is 0 Å². The van der Waals surface area contributed by atoms with E-state index in [2.05, 4.69) is 0 Å². The second-order valence-electron chi connectivity index (χ2n) is 2.99. The molecule has 0 aliphatic carbocycles. The molecule has 0 saturated carbocycles. The van der Waals surface area contributed by atoms with Gasteiger partial charge in [0.1, 0.15) is 0 Å². The van der Waals surface area contributed by atoms with Crippen LogP contribution in [0.15, 0.2) is 18.2 Å². The van der Waals surface area contributed by atoms with Gasteiger partial charge < -0.3 is 15.2 Å². The molecule has 0 aliphatic rings. The summed E-state index contributed by atoms with van der Waals surface area (Å²) in [5, 5.41) is 26.2. The molecule has 1 aromatic carbocycles. The number of hydrogen-bond acceptors (Lipinski definition) is 3. The average molecular weight is 220 g/mol. The molecule has 0 atom stereocenters. The minimum absolute atomic E-state index is 0.0204. The summed E-state index contributed by atoms with van der Waals surface area (Å²) in [4.78, 5) is 0. The molecule has 0 unspecified atom stereocenters. The Kier molecular flexibility index (Phi) is 3.38. The molecule has 0 spiro atoms. The number of halogens is 3.